The van der Waals surface area contributed by atoms with Crippen LogP contribution in [0.25, 0.3) is 0 Å². The second-order valence-corrected chi connectivity index (χ2v) is 4.65. The Bertz CT molecular complexity index is 736. The van der Waals surface area contributed by atoms with Gasteiger partial charge in [-0.05, 0) is 6.92 Å². The first-order valence-electron chi connectivity index (χ1n) is 6.47. The zero-order valence-corrected chi connectivity index (χ0v) is 11.8. The van der Waals surface area contributed by atoms with Gasteiger partial charge < -0.3 is 10.4 Å². The Morgan fingerprint density at radius 1 is 1.18 bits per heavy atom. The molecule has 2 rings (SSSR count). The number of nitrogens with zero attached hydrogens (tertiary/aromatic N) is 1. The van der Waals surface area contributed by atoms with Crippen molar-refractivity contribution in [2.24, 2.45) is 0 Å². The average molecular weight is 297 g/mol. The maximum Gasteiger partial charge on any atom is 0.271 e. The zero-order chi connectivity index (χ0) is 16.1. The number of anilines is 1. The SMILES string of the molecule is Cc1ccc(C(=O)C=CNc2cc([N+](=O)[O-])ccc2[O-])cc1. The Morgan fingerprint density at radius 2 is 1.86 bits per heavy atom. The highest BCUT2D eigenvalue weighted by atomic mass is 16.6. The number of carbonyl (C=O) groups is 1. The molecule has 6 heteroatoms. The van der Waals surface area contributed by atoms with Crippen LogP contribution in [0.3, 0.4) is 0 Å². The van der Waals surface area contributed by atoms with Crippen molar-refractivity contribution in [1.82, 2.24) is 0 Å². The molecule has 0 aliphatic carbocycles. The zero-order valence-electron chi connectivity index (χ0n) is 11.8. The summed E-state index contributed by atoms with van der Waals surface area (Å²) in [7, 11) is 0. The normalized spacial score (nSPS) is 10.6. The smallest absolute Gasteiger partial charge is 0.271 e. The number of carbonyl (C=O) groups excluding carboxylic acids is 1. The summed E-state index contributed by atoms with van der Waals surface area (Å²) in [6.07, 6.45) is 2.56. The molecule has 0 amide bonds. The summed E-state index contributed by atoms with van der Waals surface area (Å²) in [6.45, 7) is 1.92. The average Bonchev–Trinajstić information content (AvgIpc) is 2.49. The van der Waals surface area contributed by atoms with Crippen LogP contribution in [0.2, 0.25) is 0 Å². The van der Waals surface area contributed by atoms with Crippen LogP contribution in [0.5, 0.6) is 5.75 Å². The molecular formula is C16H13N2O4-. The monoisotopic (exact) mass is 297 g/mol. The Morgan fingerprint density at radius 3 is 2.50 bits per heavy atom. The van der Waals surface area contributed by atoms with E-state index in [4.69, 9.17) is 0 Å². The van der Waals surface area contributed by atoms with Gasteiger partial charge in [0.05, 0.1) is 4.92 Å². The topological polar surface area (TPSA) is 95.3 Å². The van der Waals surface area contributed by atoms with Crippen molar-refractivity contribution in [3.8, 4) is 5.75 Å². The van der Waals surface area contributed by atoms with Gasteiger partial charge in [0.25, 0.3) is 5.69 Å². The Labute approximate surface area is 126 Å². The lowest BCUT2D eigenvalue weighted by Crippen LogP contribution is -2.00. The van der Waals surface area contributed by atoms with Gasteiger partial charge in [0.2, 0.25) is 0 Å². The molecule has 0 aliphatic heterocycles. The first-order valence-corrected chi connectivity index (χ1v) is 6.47. The van der Waals surface area contributed by atoms with E-state index >= 15 is 0 Å². The summed E-state index contributed by atoms with van der Waals surface area (Å²) in [5, 5.41) is 24.8. The van der Waals surface area contributed by atoms with Gasteiger partial charge in [0.15, 0.2) is 5.78 Å². The number of aryl methyl sites for hydroxylation is 1. The van der Waals surface area contributed by atoms with Gasteiger partial charge in [-0.25, -0.2) is 0 Å². The van der Waals surface area contributed by atoms with Crippen LogP contribution in [0, 0.1) is 17.0 Å². The lowest BCUT2D eigenvalue weighted by molar-refractivity contribution is -0.385. The summed E-state index contributed by atoms with van der Waals surface area (Å²) in [5.41, 5.74) is 1.42. The lowest BCUT2D eigenvalue weighted by Gasteiger charge is -2.12. The molecule has 0 unspecified atom stereocenters. The van der Waals surface area contributed by atoms with Crippen molar-refractivity contribution in [2.75, 3.05) is 5.32 Å². The second kappa shape index (κ2) is 6.53. The molecule has 112 valence electrons. The standard InChI is InChI=1S/C16H14N2O4/c1-11-2-4-12(5-3-11)15(19)8-9-17-14-10-13(18(21)22)6-7-16(14)20/h2-10,17,20H,1H3/p-1. The van der Waals surface area contributed by atoms with Gasteiger partial charge in [0, 0.05) is 35.7 Å². The van der Waals surface area contributed by atoms with Gasteiger partial charge in [-0.2, -0.15) is 0 Å². The molecule has 0 saturated carbocycles. The minimum Gasteiger partial charge on any atom is -0.871 e. The van der Waals surface area contributed by atoms with Crippen molar-refractivity contribution in [2.45, 2.75) is 6.92 Å². The number of nitrogens with one attached hydrogen (secondary N) is 1. The third-order valence-electron chi connectivity index (χ3n) is 2.98. The number of allylic oxidation sites excluding steroid dienone is 1. The Balaban J connectivity index is 2.09. The fourth-order valence-corrected chi connectivity index (χ4v) is 1.77. The number of ketones is 1. The van der Waals surface area contributed by atoms with Crippen molar-refractivity contribution in [1.29, 1.82) is 0 Å². The number of non-ortho nitro benzene ring substituents is 1. The molecule has 0 heterocycles. The van der Waals surface area contributed by atoms with E-state index in [9.17, 15) is 20.0 Å². The van der Waals surface area contributed by atoms with Crippen LogP contribution in [0.1, 0.15) is 15.9 Å². The fraction of sp³-hybridized carbons (Fsp3) is 0.0625. The van der Waals surface area contributed by atoms with Crippen molar-refractivity contribution in [3.63, 3.8) is 0 Å². The molecule has 0 bridgehead atoms. The number of rotatable bonds is 5. The number of hydrogen-bond donors (Lipinski definition) is 1. The Kier molecular flexibility index (Phi) is 4.53. The molecule has 0 atom stereocenters. The van der Waals surface area contributed by atoms with Gasteiger partial charge >= 0.3 is 0 Å². The van der Waals surface area contributed by atoms with Crippen LogP contribution in [0.15, 0.2) is 54.7 Å². The third kappa shape index (κ3) is 3.69. The molecule has 0 aliphatic rings. The molecule has 0 aromatic heterocycles. The molecule has 0 radical (unpaired) electrons. The molecule has 0 fully saturated rings. The molecule has 0 spiro atoms. The molecule has 22 heavy (non-hydrogen) atoms. The summed E-state index contributed by atoms with van der Waals surface area (Å²) in [5.74, 6) is -0.622. The predicted molar refractivity (Wildman–Crippen MR) is 80.8 cm³/mol. The predicted octanol–water partition coefficient (Wildman–Crippen LogP) is 2.79. The van der Waals surface area contributed by atoms with Crippen molar-refractivity contribution in [3.05, 3.63) is 76.0 Å². The number of nitro benzene ring substituents is 1. The summed E-state index contributed by atoms with van der Waals surface area (Å²) < 4.78 is 0. The highest BCUT2D eigenvalue weighted by Crippen LogP contribution is 2.25. The van der Waals surface area contributed by atoms with Gasteiger partial charge in [-0.1, -0.05) is 41.6 Å². The fourth-order valence-electron chi connectivity index (χ4n) is 1.77. The maximum atomic E-state index is 11.9. The quantitative estimate of drug-likeness (QED) is 0.396. The van der Waals surface area contributed by atoms with E-state index in [-0.39, 0.29) is 17.2 Å². The minimum atomic E-state index is -0.591. The first-order chi connectivity index (χ1) is 10.5. The number of benzene rings is 2. The molecule has 2 aromatic carbocycles. The number of hydrogen-bond acceptors (Lipinski definition) is 5. The van der Waals surface area contributed by atoms with Crippen LogP contribution in [-0.2, 0) is 0 Å². The molecule has 0 saturated heterocycles. The van der Waals surface area contributed by atoms with E-state index in [0.717, 1.165) is 23.8 Å². The molecule has 1 N–H and O–H groups in total. The summed E-state index contributed by atoms with van der Waals surface area (Å²) in [6, 6.07) is 10.4. The molecule has 6 nitrogen and oxygen atoms in total. The van der Waals surface area contributed by atoms with Crippen LogP contribution in [0.4, 0.5) is 11.4 Å². The van der Waals surface area contributed by atoms with Gasteiger partial charge in [-0.3, -0.25) is 14.9 Å². The molecular weight excluding hydrogens is 284 g/mol. The van der Waals surface area contributed by atoms with E-state index in [1.165, 1.54) is 12.3 Å². The minimum absolute atomic E-state index is 0.0437. The van der Waals surface area contributed by atoms with Crippen LogP contribution in [-0.4, -0.2) is 10.7 Å². The van der Waals surface area contributed by atoms with Crippen LogP contribution >= 0.6 is 0 Å². The van der Waals surface area contributed by atoms with Gasteiger partial charge in [-0.15, -0.1) is 0 Å². The first kappa shape index (κ1) is 15.2. The Hall–Kier alpha value is -3.15. The summed E-state index contributed by atoms with van der Waals surface area (Å²) in [4.78, 5) is 22.0. The van der Waals surface area contributed by atoms with E-state index in [0.29, 0.717) is 5.56 Å². The lowest BCUT2D eigenvalue weighted by atomic mass is 10.1. The van der Waals surface area contributed by atoms with Crippen molar-refractivity contribution < 1.29 is 14.8 Å². The molecule has 2 aromatic rings. The van der Waals surface area contributed by atoms with Crippen molar-refractivity contribution >= 4 is 17.2 Å². The highest BCUT2D eigenvalue weighted by molar-refractivity contribution is 6.04. The van der Waals surface area contributed by atoms with Gasteiger partial charge in [0.1, 0.15) is 0 Å². The summed E-state index contributed by atoms with van der Waals surface area (Å²) >= 11 is 0. The van der Waals surface area contributed by atoms with E-state index in [1.807, 2.05) is 19.1 Å². The van der Waals surface area contributed by atoms with E-state index in [1.54, 1.807) is 12.1 Å². The van der Waals surface area contributed by atoms with E-state index < -0.39 is 10.7 Å². The second-order valence-electron chi connectivity index (χ2n) is 4.65. The maximum absolute atomic E-state index is 11.9. The highest BCUT2D eigenvalue weighted by Gasteiger charge is 2.06. The van der Waals surface area contributed by atoms with E-state index in [2.05, 4.69) is 5.32 Å². The third-order valence-corrected chi connectivity index (χ3v) is 2.98. The van der Waals surface area contributed by atoms with Crippen LogP contribution < -0.4 is 10.4 Å². The number of nitro groups is 1. The largest absolute Gasteiger partial charge is 0.871 e.